The molecule has 106 valence electrons. The SMILES string of the molecule is Cc1nc(N)c(C#N)c(-c2ccc[nH+]c2)c1-c1ccccc1. The van der Waals surface area contributed by atoms with Crippen molar-refractivity contribution in [3.05, 3.63) is 66.1 Å². The van der Waals surface area contributed by atoms with Crippen LogP contribution in [0.25, 0.3) is 22.3 Å². The van der Waals surface area contributed by atoms with Crippen molar-refractivity contribution in [1.82, 2.24) is 4.98 Å². The summed E-state index contributed by atoms with van der Waals surface area (Å²) in [5.41, 5.74) is 10.9. The molecule has 1 aromatic carbocycles. The Hall–Kier alpha value is -3.19. The summed E-state index contributed by atoms with van der Waals surface area (Å²) in [5, 5.41) is 9.54. The van der Waals surface area contributed by atoms with Crippen LogP contribution in [-0.2, 0) is 0 Å². The first-order valence-corrected chi connectivity index (χ1v) is 6.94. The number of H-pyrrole nitrogens is 1. The normalized spacial score (nSPS) is 10.2. The number of nitrogen functional groups attached to an aromatic ring is 1. The number of hydrogen-bond donors (Lipinski definition) is 1. The second-order valence-corrected chi connectivity index (χ2v) is 4.98. The molecule has 0 saturated carbocycles. The van der Waals surface area contributed by atoms with Crippen molar-refractivity contribution in [3.8, 4) is 28.3 Å². The van der Waals surface area contributed by atoms with Crippen LogP contribution in [0.2, 0.25) is 0 Å². The topological polar surface area (TPSA) is 76.8 Å². The fourth-order valence-electron chi connectivity index (χ4n) is 2.64. The maximum absolute atomic E-state index is 9.54. The predicted octanol–water partition coefficient (Wildman–Crippen LogP) is 2.99. The fraction of sp³-hybridized carbons (Fsp3) is 0.0556. The third kappa shape index (κ3) is 2.29. The zero-order valence-electron chi connectivity index (χ0n) is 12.2. The van der Waals surface area contributed by atoms with Gasteiger partial charge in [0.15, 0.2) is 12.4 Å². The first-order chi connectivity index (χ1) is 10.7. The van der Waals surface area contributed by atoms with Crippen LogP contribution in [0.15, 0.2) is 54.9 Å². The molecule has 0 spiro atoms. The van der Waals surface area contributed by atoms with Gasteiger partial charge in [0.1, 0.15) is 17.5 Å². The Kier molecular flexibility index (Phi) is 3.55. The highest BCUT2D eigenvalue weighted by Gasteiger charge is 2.20. The van der Waals surface area contributed by atoms with Crippen molar-refractivity contribution < 1.29 is 4.98 Å². The second kappa shape index (κ2) is 5.66. The zero-order chi connectivity index (χ0) is 15.5. The van der Waals surface area contributed by atoms with E-state index in [1.165, 1.54) is 0 Å². The molecule has 0 aliphatic heterocycles. The summed E-state index contributed by atoms with van der Waals surface area (Å²) in [4.78, 5) is 7.41. The summed E-state index contributed by atoms with van der Waals surface area (Å²) in [7, 11) is 0. The van der Waals surface area contributed by atoms with Gasteiger partial charge < -0.3 is 5.73 Å². The number of nitrogens with zero attached hydrogens (tertiary/aromatic N) is 2. The molecular weight excluding hydrogens is 272 g/mol. The molecule has 0 aliphatic carbocycles. The van der Waals surface area contributed by atoms with Crippen molar-refractivity contribution in [2.45, 2.75) is 6.92 Å². The van der Waals surface area contributed by atoms with E-state index in [0.29, 0.717) is 5.56 Å². The minimum Gasteiger partial charge on any atom is -0.383 e. The van der Waals surface area contributed by atoms with Gasteiger partial charge in [0.25, 0.3) is 0 Å². The van der Waals surface area contributed by atoms with Crippen LogP contribution in [0.3, 0.4) is 0 Å². The molecule has 0 radical (unpaired) electrons. The first kappa shape index (κ1) is 13.8. The average molecular weight is 287 g/mol. The summed E-state index contributed by atoms with van der Waals surface area (Å²) in [6.45, 7) is 1.91. The van der Waals surface area contributed by atoms with E-state index in [-0.39, 0.29) is 5.82 Å². The molecule has 0 bridgehead atoms. The largest absolute Gasteiger partial charge is 0.383 e. The number of anilines is 1. The van der Waals surface area contributed by atoms with E-state index in [1.54, 1.807) is 0 Å². The maximum Gasteiger partial charge on any atom is 0.174 e. The lowest BCUT2D eigenvalue weighted by molar-refractivity contribution is -0.377. The number of benzene rings is 1. The molecule has 2 heterocycles. The summed E-state index contributed by atoms with van der Waals surface area (Å²) in [5.74, 6) is 0.263. The molecule has 0 unspecified atom stereocenters. The Bertz CT molecular complexity index is 850. The van der Waals surface area contributed by atoms with Crippen molar-refractivity contribution in [3.63, 3.8) is 0 Å². The smallest absolute Gasteiger partial charge is 0.174 e. The molecule has 0 aliphatic rings. The Labute approximate surface area is 128 Å². The van der Waals surface area contributed by atoms with Gasteiger partial charge in [0.05, 0.1) is 0 Å². The predicted molar refractivity (Wildman–Crippen MR) is 85.5 cm³/mol. The first-order valence-electron chi connectivity index (χ1n) is 6.94. The molecule has 0 atom stereocenters. The van der Waals surface area contributed by atoms with Gasteiger partial charge in [-0.3, -0.25) is 0 Å². The van der Waals surface area contributed by atoms with E-state index in [4.69, 9.17) is 5.73 Å². The molecule has 0 fully saturated rings. The highest BCUT2D eigenvalue weighted by molar-refractivity contribution is 5.90. The number of nitriles is 1. The van der Waals surface area contributed by atoms with Crippen LogP contribution in [0.1, 0.15) is 11.3 Å². The second-order valence-electron chi connectivity index (χ2n) is 4.98. The quantitative estimate of drug-likeness (QED) is 0.787. The maximum atomic E-state index is 9.54. The minimum absolute atomic E-state index is 0.263. The minimum atomic E-state index is 0.263. The van der Waals surface area contributed by atoms with Crippen molar-refractivity contribution in [2.24, 2.45) is 0 Å². The molecule has 4 nitrogen and oxygen atoms in total. The van der Waals surface area contributed by atoms with Crippen LogP contribution in [0.4, 0.5) is 5.82 Å². The Morgan fingerprint density at radius 3 is 2.41 bits per heavy atom. The molecule has 3 N–H and O–H groups in total. The summed E-state index contributed by atoms with van der Waals surface area (Å²) >= 11 is 0. The standard InChI is InChI=1S/C18H14N4/c1-12-16(13-6-3-2-4-7-13)17(14-8-5-9-21-11-14)15(10-19)18(20)22-12/h2-9,11H,1H3,(H2,20,22)/p+1. The monoisotopic (exact) mass is 287 g/mol. The number of aromatic amines is 1. The van der Waals surface area contributed by atoms with E-state index < -0.39 is 0 Å². The number of pyridine rings is 2. The van der Waals surface area contributed by atoms with Gasteiger partial charge in [-0.2, -0.15) is 5.26 Å². The number of nitrogens with one attached hydrogen (secondary N) is 1. The highest BCUT2D eigenvalue weighted by atomic mass is 14.8. The molecular formula is C18H15N4+. The van der Waals surface area contributed by atoms with Crippen LogP contribution in [0.5, 0.6) is 0 Å². The van der Waals surface area contributed by atoms with Crippen LogP contribution >= 0.6 is 0 Å². The van der Waals surface area contributed by atoms with Gasteiger partial charge in [-0.25, -0.2) is 9.97 Å². The molecule has 3 rings (SSSR count). The van der Waals surface area contributed by atoms with Crippen molar-refractivity contribution in [1.29, 1.82) is 5.26 Å². The highest BCUT2D eigenvalue weighted by Crippen LogP contribution is 2.37. The van der Waals surface area contributed by atoms with Crippen LogP contribution < -0.4 is 10.7 Å². The molecule has 2 aromatic heterocycles. The van der Waals surface area contributed by atoms with Crippen LogP contribution in [-0.4, -0.2) is 4.98 Å². The number of nitrogens with two attached hydrogens (primary N) is 1. The lowest BCUT2D eigenvalue weighted by Gasteiger charge is -2.15. The summed E-state index contributed by atoms with van der Waals surface area (Å²) in [6.07, 6.45) is 3.69. The van der Waals surface area contributed by atoms with Gasteiger partial charge in [-0.15, -0.1) is 0 Å². The molecule has 0 saturated heterocycles. The van der Waals surface area contributed by atoms with Crippen LogP contribution in [0, 0.1) is 18.3 Å². The van der Waals surface area contributed by atoms with E-state index in [0.717, 1.165) is 27.9 Å². The Morgan fingerprint density at radius 2 is 1.77 bits per heavy atom. The van der Waals surface area contributed by atoms with Gasteiger partial charge in [-0.1, -0.05) is 30.3 Å². The average Bonchev–Trinajstić information content (AvgIpc) is 2.56. The molecule has 0 amide bonds. The molecule has 3 aromatic rings. The number of aromatic nitrogens is 2. The van der Waals surface area contributed by atoms with E-state index in [2.05, 4.69) is 16.0 Å². The lowest BCUT2D eigenvalue weighted by atomic mass is 9.91. The van der Waals surface area contributed by atoms with E-state index >= 15 is 0 Å². The lowest BCUT2D eigenvalue weighted by Crippen LogP contribution is -2.05. The third-order valence-electron chi connectivity index (χ3n) is 3.58. The third-order valence-corrected chi connectivity index (χ3v) is 3.58. The van der Waals surface area contributed by atoms with Crippen molar-refractivity contribution >= 4 is 5.82 Å². The van der Waals surface area contributed by atoms with Gasteiger partial charge in [-0.05, 0) is 18.6 Å². The summed E-state index contributed by atoms with van der Waals surface area (Å²) < 4.78 is 0. The van der Waals surface area contributed by atoms with Gasteiger partial charge in [0.2, 0.25) is 0 Å². The Balaban J connectivity index is 2.42. The van der Waals surface area contributed by atoms with E-state index in [9.17, 15) is 5.26 Å². The number of rotatable bonds is 2. The summed E-state index contributed by atoms with van der Waals surface area (Å²) in [6, 6.07) is 16.0. The Morgan fingerprint density at radius 1 is 1.05 bits per heavy atom. The van der Waals surface area contributed by atoms with Gasteiger partial charge >= 0.3 is 0 Å². The zero-order valence-corrected chi connectivity index (χ0v) is 12.2. The number of aryl methyl sites for hydroxylation is 1. The van der Waals surface area contributed by atoms with E-state index in [1.807, 2.05) is 61.8 Å². The van der Waals surface area contributed by atoms with Gasteiger partial charge in [0, 0.05) is 28.5 Å². The number of hydrogen-bond acceptors (Lipinski definition) is 3. The molecule has 22 heavy (non-hydrogen) atoms. The van der Waals surface area contributed by atoms with Crippen molar-refractivity contribution in [2.75, 3.05) is 5.73 Å². The molecule has 4 heteroatoms. The fourth-order valence-corrected chi connectivity index (χ4v) is 2.64.